The molecule has 0 radical (unpaired) electrons. The van der Waals surface area contributed by atoms with Gasteiger partial charge in [-0.25, -0.2) is 8.42 Å². The second-order valence-corrected chi connectivity index (χ2v) is 9.02. The van der Waals surface area contributed by atoms with Crippen molar-refractivity contribution in [3.05, 3.63) is 23.8 Å². The molecule has 26 heavy (non-hydrogen) atoms. The summed E-state index contributed by atoms with van der Waals surface area (Å²) in [5.74, 6) is 1.02. The first-order valence-corrected chi connectivity index (χ1v) is 10.7. The molecule has 1 saturated heterocycles. The summed E-state index contributed by atoms with van der Waals surface area (Å²) in [4.78, 5) is 14.8. The van der Waals surface area contributed by atoms with Gasteiger partial charge in [0.15, 0.2) is 0 Å². The van der Waals surface area contributed by atoms with Gasteiger partial charge < -0.3 is 9.64 Å². The molecule has 7 heteroatoms. The number of rotatable bonds is 6. The zero-order valence-corrected chi connectivity index (χ0v) is 17.2. The van der Waals surface area contributed by atoms with E-state index in [2.05, 4.69) is 13.8 Å². The number of piperidine rings is 1. The quantitative estimate of drug-likeness (QED) is 0.759. The highest BCUT2D eigenvalue weighted by Crippen LogP contribution is 2.29. The van der Waals surface area contributed by atoms with E-state index in [0.717, 1.165) is 6.42 Å². The van der Waals surface area contributed by atoms with E-state index in [0.29, 0.717) is 43.6 Å². The SMILES string of the molecule is CCN(CC)S(=O)(=O)c1cc(C(=O)N2CC(C)CC(C)C2)ccc1OC. The first kappa shape index (κ1) is 20.7. The lowest BCUT2D eigenvalue weighted by Gasteiger charge is -2.35. The number of hydrogen-bond donors (Lipinski definition) is 0. The Morgan fingerprint density at radius 2 is 1.77 bits per heavy atom. The highest BCUT2D eigenvalue weighted by molar-refractivity contribution is 7.89. The largest absolute Gasteiger partial charge is 0.495 e. The van der Waals surface area contributed by atoms with Gasteiger partial charge in [0.05, 0.1) is 7.11 Å². The number of benzene rings is 1. The van der Waals surface area contributed by atoms with Gasteiger partial charge >= 0.3 is 0 Å². The number of hydrogen-bond acceptors (Lipinski definition) is 4. The zero-order chi connectivity index (χ0) is 19.5. The van der Waals surface area contributed by atoms with Crippen LogP contribution in [0.3, 0.4) is 0 Å². The molecule has 1 aromatic rings. The molecular weight excluding hydrogens is 352 g/mol. The Balaban J connectivity index is 2.42. The molecule has 2 unspecified atom stereocenters. The fourth-order valence-electron chi connectivity index (χ4n) is 3.73. The Kier molecular flexibility index (Phi) is 6.69. The molecule has 0 bridgehead atoms. The highest BCUT2D eigenvalue weighted by Gasteiger charge is 2.30. The Hall–Kier alpha value is -1.60. The first-order valence-electron chi connectivity index (χ1n) is 9.21. The lowest BCUT2D eigenvalue weighted by Crippen LogP contribution is -2.42. The summed E-state index contributed by atoms with van der Waals surface area (Å²) in [5.41, 5.74) is 0.387. The van der Waals surface area contributed by atoms with Gasteiger partial charge in [0, 0.05) is 31.7 Å². The number of sulfonamides is 1. The molecule has 2 rings (SSSR count). The maximum atomic E-state index is 13.0. The van der Waals surface area contributed by atoms with Crippen LogP contribution in [0.25, 0.3) is 0 Å². The zero-order valence-electron chi connectivity index (χ0n) is 16.4. The molecule has 0 aliphatic carbocycles. The third kappa shape index (κ3) is 4.20. The third-order valence-electron chi connectivity index (χ3n) is 4.89. The van der Waals surface area contributed by atoms with Crippen molar-refractivity contribution in [1.29, 1.82) is 0 Å². The van der Waals surface area contributed by atoms with Gasteiger partial charge in [0.1, 0.15) is 10.6 Å². The molecule has 1 aromatic carbocycles. The molecule has 1 aliphatic rings. The molecule has 1 aliphatic heterocycles. The fourth-order valence-corrected chi connectivity index (χ4v) is 5.36. The molecular formula is C19H30N2O4S. The van der Waals surface area contributed by atoms with E-state index >= 15 is 0 Å². The lowest BCUT2D eigenvalue weighted by atomic mass is 9.91. The van der Waals surface area contributed by atoms with E-state index in [1.807, 2.05) is 4.90 Å². The number of carbonyl (C=O) groups is 1. The molecule has 0 N–H and O–H groups in total. The van der Waals surface area contributed by atoms with Crippen LogP contribution in [0.2, 0.25) is 0 Å². The average Bonchev–Trinajstić information content (AvgIpc) is 2.60. The van der Waals surface area contributed by atoms with Gasteiger partial charge in [-0.2, -0.15) is 4.31 Å². The van der Waals surface area contributed by atoms with Crippen LogP contribution in [-0.4, -0.2) is 56.8 Å². The Morgan fingerprint density at radius 3 is 2.27 bits per heavy atom. The van der Waals surface area contributed by atoms with E-state index in [9.17, 15) is 13.2 Å². The summed E-state index contributed by atoms with van der Waals surface area (Å²) in [5, 5.41) is 0. The predicted molar refractivity (Wildman–Crippen MR) is 102 cm³/mol. The second kappa shape index (κ2) is 8.39. The fraction of sp³-hybridized carbons (Fsp3) is 0.632. The monoisotopic (exact) mass is 382 g/mol. The highest BCUT2D eigenvalue weighted by atomic mass is 32.2. The number of amides is 1. The minimum Gasteiger partial charge on any atom is -0.495 e. The maximum absolute atomic E-state index is 13.0. The van der Waals surface area contributed by atoms with Crippen LogP contribution < -0.4 is 4.74 Å². The molecule has 2 atom stereocenters. The van der Waals surface area contributed by atoms with Gasteiger partial charge in [0.25, 0.3) is 5.91 Å². The topological polar surface area (TPSA) is 66.9 Å². The number of ether oxygens (including phenoxy) is 1. The summed E-state index contributed by atoms with van der Waals surface area (Å²) >= 11 is 0. The van der Waals surface area contributed by atoms with Crippen LogP contribution in [0.15, 0.2) is 23.1 Å². The first-order chi connectivity index (χ1) is 12.2. The van der Waals surface area contributed by atoms with Crippen LogP contribution in [0.5, 0.6) is 5.75 Å². The van der Waals surface area contributed by atoms with Gasteiger partial charge in [-0.05, 0) is 36.5 Å². The van der Waals surface area contributed by atoms with Crippen molar-refractivity contribution in [2.75, 3.05) is 33.3 Å². The van der Waals surface area contributed by atoms with Crippen LogP contribution in [0.4, 0.5) is 0 Å². The normalized spacial score (nSPS) is 21.1. The lowest BCUT2D eigenvalue weighted by molar-refractivity contribution is 0.0623. The van der Waals surface area contributed by atoms with E-state index in [1.54, 1.807) is 26.0 Å². The van der Waals surface area contributed by atoms with E-state index in [4.69, 9.17) is 4.74 Å². The minimum absolute atomic E-state index is 0.0488. The van der Waals surface area contributed by atoms with Crippen LogP contribution in [0, 0.1) is 11.8 Å². The number of carbonyl (C=O) groups excluding carboxylic acids is 1. The molecule has 1 fully saturated rings. The Labute approximate surface area is 157 Å². The average molecular weight is 383 g/mol. The number of nitrogens with zero attached hydrogens (tertiary/aromatic N) is 2. The van der Waals surface area contributed by atoms with Crippen molar-refractivity contribution < 1.29 is 17.9 Å². The number of methoxy groups -OCH3 is 1. The van der Waals surface area contributed by atoms with Gasteiger partial charge in [-0.1, -0.05) is 27.7 Å². The standard InChI is InChI=1S/C19H30N2O4S/c1-6-21(7-2)26(23,24)18-11-16(8-9-17(18)25-5)19(22)20-12-14(3)10-15(4)13-20/h8-9,11,14-15H,6-7,10,12-13H2,1-5H3. The Bertz CT molecular complexity index is 734. The molecule has 1 heterocycles. The van der Waals surface area contributed by atoms with Crippen molar-refractivity contribution in [2.24, 2.45) is 11.8 Å². The van der Waals surface area contributed by atoms with E-state index < -0.39 is 10.0 Å². The number of likely N-dealkylation sites (tertiary alicyclic amines) is 1. The minimum atomic E-state index is -3.71. The van der Waals surface area contributed by atoms with Crippen molar-refractivity contribution >= 4 is 15.9 Å². The maximum Gasteiger partial charge on any atom is 0.253 e. The van der Waals surface area contributed by atoms with E-state index in [1.165, 1.54) is 17.5 Å². The van der Waals surface area contributed by atoms with Gasteiger partial charge in [0.2, 0.25) is 10.0 Å². The Morgan fingerprint density at radius 1 is 1.19 bits per heavy atom. The summed E-state index contributed by atoms with van der Waals surface area (Å²) in [6.45, 7) is 9.99. The molecule has 0 saturated carbocycles. The predicted octanol–water partition coefficient (Wildman–Crippen LogP) is 2.84. The molecule has 0 aromatic heterocycles. The van der Waals surface area contributed by atoms with Gasteiger partial charge in [-0.3, -0.25) is 4.79 Å². The van der Waals surface area contributed by atoms with Crippen LogP contribution in [0.1, 0.15) is 44.5 Å². The smallest absolute Gasteiger partial charge is 0.253 e. The van der Waals surface area contributed by atoms with Crippen molar-refractivity contribution in [3.8, 4) is 5.75 Å². The molecule has 0 spiro atoms. The molecule has 6 nitrogen and oxygen atoms in total. The summed E-state index contributed by atoms with van der Waals surface area (Å²) in [6.07, 6.45) is 1.11. The summed E-state index contributed by atoms with van der Waals surface area (Å²) in [7, 11) is -2.28. The van der Waals surface area contributed by atoms with Crippen molar-refractivity contribution in [3.63, 3.8) is 0 Å². The third-order valence-corrected chi connectivity index (χ3v) is 6.96. The summed E-state index contributed by atoms with van der Waals surface area (Å²) in [6, 6.07) is 4.67. The van der Waals surface area contributed by atoms with Crippen LogP contribution in [-0.2, 0) is 10.0 Å². The van der Waals surface area contributed by atoms with Crippen molar-refractivity contribution in [2.45, 2.75) is 39.0 Å². The molecule has 146 valence electrons. The summed E-state index contributed by atoms with van der Waals surface area (Å²) < 4.78 is 32.5. The van der Waals surface area contributed by atoms with Crippen LogP contribution >= 0.6 is 0 Å². The van der Waals surface area contributed by atoms with E-state index in [-0.39, 0.29) is 16.6 Å². The molecule has 1 amide bonds. The van der Waals surface area contributed by atoms with Gasteiger partial charge in [-0.15, -0.1) is 0 Å². The van der Waals surface area contributed by atoms with Crippen molar-refractivity contribution in [1.82, 2.24) is 9.21 Å². The second-order valence-electron chi connectivity index (χ2n) is 7.11.